The zero-order valence-electron chi connectivity index (χ0n) is 15.8. The summed E-state index contributed by atoms with van der Waals surface area (Å²) in [5, 5.41) is 2.82. The number of esters is 1. The first kappa shape index (κ1) is 18.6. The molecule has 1 N–H and O–H groups in total. The Morgan fingerprint density at radius 3 is 2.31 bits per heavy atom. The zero-order chi connectivity index (χ0) is 20.4. The van der Waals surface area contributed by atoms with Crippen LogP contribution < -0.4 is 5.32 Å². The van der Waals surface area contributed by atoms with E-state index in [1.807, 2.05) is 30.3 Å². The highest BCUT2D eigenvalue weighted by atomic mass is 16.5. The molecule has 0 aliphatic carbocycles. The van der Waals surface area contributed by atoms with E-state index in [2.05, 4.69) is 5.32 Å². The molecule has 3 aromatic rings. The fourth-order valence-corrected chi connectivity index (χ4v) is 3.38. The van der Waals surface area contributed by atoms with E-state index in [0.29, 0.717) is 28.8 Å². The first-order chi connectivity index (χ1) is 14.0. The zero-order valence-corrected chi connectivity index (χ0v) is 15.8. The number of Topliss-reactive ketones (excluding diaryl/α,β-unsaturated/α-hetero) is 1. The van der Waals surface area contributed by atoms with E-state index >= 15 is 0 Å². The summed E-state index contributed by atoms with van der Waals surface area (Å²) in [6.07, 6.45) is 0.146. The van der Waals surface area contributed by atoms with E-state index in [0.717, 1.165) is 11.1 Å². The Bertz CT molecular complexity index is 1090. The van der Waals surface area contributed by atoms with E-state index in [1.165, 1.54) is 6.92 Å². The van der Waals surface area contributed by atoms with Gasteiger partial charge in [-0.2, -0.15) is 0 Å². The number of ketones is 1. The third kappa shape index (κ3) is 3.94. The van der Waals surface area contributed by atoms with Crippen LogP contribution in [0.1, 0.15) is 55.2 Å². The van der Waals surface area contributed by atoms with Crippen LogP contribution in [0.15, 0.2) is 72.8 Å². The number of nitrogens with one attached hydrogen (secondary N) is 1. The average Bonchev–Trinajstić information content (AvgIpc) is 2.74. The minimum atomic E-state index is -0.383. The molecule has 0 fully saturated rings. The Hall–Kier alpha value is -3.73. The molecule has 5 heteroatoms. The van der Waals surface area contributed by atoms with Gasteiger partial charge in [0.15, 0.2) is 5.78 Å². The van der Waals surface area contributed by atoms with Gasteiger partial charge in [0, 0.05) is 23.2 Å². The number of ether oxygens (including phenoxy) is 1. The normalized spacial score (nSPS) is 15.2. The second kappa shape index (κ2) is 7.72. The van der Waals surface area contributed by atoms with E-state index in [-0.39, 0.29) is 23.8 Å². The highest BCUT2D eigenvalue weighted by molar-refractivity contribution is 6.05. The SMILES string of the molecule is CC(=O)c1ccc(NC(=O)c2ccc3c(c2)CC(c2ccccc2)OC3=O)cc1. The molecule has 1 atom stereocenters. The predicted octanol–water partition coefficient (Wildman–Crippen LogP) is 4.60. The molecule has 1 aliphatic heterocycles. The minimum absolute atomic E-state index is 0.0302. The molecule has 0 saturated heterocycles. The topological polar surface area (TPSA) is 72.5 Å². The van der Waals surface area contributed by atoms with Crippen LogP contribution in [0.4, 0.5) is 5.69 Å². The maximum absolute atomic E-state index is 12.7. The summed E-state index contributed by atoms with van der Waals surface area (Å²) >= 11 is 0. The monoisotopic (exact) mass is 385 g/mol. The Labute approximate surface area is 168 Å². The molecule has 0 saturated carbocycles. The van der Waals surface area contributed by atoms with Crippen LogP contribution in [0.5, 0.6) is 0 Å². The molecule has 0 aromatic heterocycles. The molecule has 29 heavy (non-hydrogen) atoms. The van der Waals surface area contributed by atoms with Gasteiger partial charge in [0.2, 0.25) is 0 Å². The van der Waals surface area contributed by atoms with Crippen LogP contribution in [0, 0.1) is 0 Å². The number of hydrogen-bond donors (Lipinski definition) is 1. The Morgan fingerprint density at radius 2 is 1.62 bits per heavy atom. The molecule has 0 bridgehead atoms. The van der Waals surface area contributed by atoms with Crippen LogP contribution in [0.3, 0.4) is 0 Å². The van der Waals surface area contributed by atoms with Crippen molar-refractivity contribution in [3.63, 3.8) is 0 Å². The summed E-state index contributed by atoms with van der Waals surface area (Å²) in [7, 11) is 0. The molecule has 0 spiro atoms. The van der Waals surface area contributed by atoms with Crippen molar-refractivity contribution in [1.82, 2.24) is 0 Å². The summed E-state index contributed by atoms with van der Waals surface area (Å²) in [5.41, 5.74) is 3.84. The number of hydrogen-bond acceptors (Lipinski definition) is 4. The van der Waals surface area contributed by atoms with Crippen molar-refractivity contribution < 1.29 is 19.1 Å². The van der Waals surface area contributed by atoms with Crippen molar-refractivity contribution in [3.8, 4) is 0 Å². The maximum Gasteiger partial charge on any atom is 0.339 e. The summed E-state index contributed by atoms with van der Waals surface area (Å²) in [5.74, 6) is -0.692. The summed E-state index contributed by atoms with van der Waals surface area (Å²) in [6, 6.07) is 21.3. The van der Waals surface area contributed by atoms with Crippen LogP contribution in [-0.4, -0.2) is 17.7 Å². The summed E-state index contributed by atoms with van der Waals surface area (Å²) < 4.78 is 5.56. The molecule has 3 aromatic carbocycles. The molecular formula is C24H19NO4. The largest absolute Gasteiger partial charge is 0.454 e. The van der Waals surface area contributed by atoms with E-state index in [9.17, 15) is 14.4 Å². The van der Waals surface area contributed by atoms with Crippen molar-refractivity contribution in [2.24, 2.45) is 0 Å². The fraction of sp³-hybridized carbons (Fsp3) is 0.125. The second-order valence-electron chi connectivity index (χ2n) is 6.97. The molecule has 1 heterocycles. The predicted molar refractivity (Wildman–Crippen MR) is 109 cm³/mol. The lowest BCUT2D eigenvalue weighted by atomic mass is 9.93. The first-order valence-corrected chi connectivity index (χ1v) is 9.32. The maximum atomic E-state index is 12.7. The van der Waals surface area contributed by atoms with Gasteiger partial charge in [-0.3, -0.25) is 9.59 Å². The molecule has 4 rings (SSSR count). The van der Waals surface area contributed by atoms with Gasteiger partial charge in [-0.05, 0) is 60.5 Å². The second-order valence-corrected chi connectivity index (χ2v) is 6.97. The molecule has 1 amide bonds. The average molecular weight is 385 g/mol. The lowest BCUT2D eigenvalue weighted by molar-refractivity contribution is 0.0252. The number of rotatable bonds is 4. The molecule has 1 unspecified atom stereocenters. The van der Waals surface area contributed by atoms with Gasteiger partial charge in [-0.1, -0.05) is 30.3 Å². The summed E-state index contributed by atoms with van der Waals surface area (Å²) in [4.78, 5) is 36.4. The molecule has 5 nitrogen and oxygen atoms in total. The van der Waals surface area contributed by atoms with Crippen LogP contribution in [-0.2, 0) is 11.2 Å². The smallest absolute Gasteiger partial charge is 0.339 e. The van der Waals surface area contributed by atoms with E-state index in [4.69, 9.17) is 4.74 Å². The van der Waals surface area contributed by atoms with Gasteiger partial charge >= 0.3 is 5.97 Å². The van der Waals surface area contributed by atoms with Gasteiger partial charge in [0.25, 0.3) is 5.91 Å². The van der Waals surface area contributed by atoms with Crippen molar-refractivity contribution in [2.75, 3.05) is 5.32 Å². The number of carbonyl (C=O) groups excluding carboxylic acids is 3. The molecule has 1 aliphatic rings. The highest BCUT2D eigenvalue weighted by Crippen LogP contribution is 2.31. The lowest BCUT2D eigenvalue weighted by Crippen LogP contribution is -2.23. The van der Waals surface area contributed by atoms with Gasteiger partial charge in [0.05, 0.1) is 5.56 Å². The fourth-order valence-electron chi connectivity index (χ4n) is 3.38. The van der Waals surface area contributed by atoms with E-state index in [1.54, 1.807) is 42.5 Å². The number of anilines is 1. The number of fused-ring (bicyclic) bond motifs is 1. The van der Waals surface area contributed by atoms with Crippen molar-refractivity contribution in [3.05, 3.63) is 101 Å². The standard InChI is InChI=1S/C24H19NO4/c1-15(26)16-7-10-20(11-8-16)25-23(27)18-9-12-21-19(13-18)14-22(29-24(21)28)17-5-3-2-4-6-17/h2-13,22H,14H2,1H3,(H,25,27). The first-order valence-electron chi connectivity index (χ1n) is 9.32. The quantitative estimate of drug-likeness (QED) is 0.526. The third-order valence-electron chi connectivity index (χ3n) is 4.96. The number of benzene rings is 3. The Morgan fingerprint density at radius 1 is 0.931 bits per heavy atom. The summed E-state index contributed by atoms with van der Waals surface area (Å²) in [6.45, 7) is 1.49. The molecular weight excluding hydrogens is 366 g/mol. The van der Waals surface area contributed by atoms with Gasteiger partial charge in [-0.25, -0.2) is 4.79 Å². The number of carbonyl (C=O) groups is 3. The lowest BCUT2D eigenvalue weighted by Gasteiger charge is -2.25. The van der Waals surface area contributed by atoms with Crippen molar-refractivity contribution in [1.29, 1.82) is 0 Å². The highest BCUT2D eigenvalue weighted by Gasteiger charge is 2.28. The Kier molecular flexibility index (Phi) is 4.96. The van der Waals surface area contributed by atoms with Crippen LogP contribution in [0.25, 0.3) is 0 Å². The van der Waals surface area contributed by atoms with Crippen LogP contribution >= 0.6 is 0 Å². The van der Waals surface area contributed by atoms with Gasteiger partial charge in [0.1, 0.15) is 6.10 Å². The Balaban J connectivity index is 1.55. The minimum Gasteiger partial charge on any atom is -0.454 e. The molecule has 0 radical (unpaired) electrons. The molecule has 144 valence electrons. The number of amides is 1. The number of cyclic esters (lactones) is 1. The van der Waals surface area contributed by atoms with Crippen molar-refractivity contribution in [2.45, 2.75) is 19.4 Å². The third-order valence-corrected chi connectivity index (χ3v) is 4.96. The van der Waals surface area contributed by atoms with Gasteiger partial charge in [-0.15, -0.1) is 0 Å². The van der Waals surface area contributed by atoms with E-state index < -0.39 is 0 Å². The van der Waals surface area contributed by atoms with Crippen LogP contribution in [0.2, 0.25) is 0 Å². The van der Waals surface area contributed by atoms with Gasteiger partial charge < -0.3 is 10.1 Å². The van der Waals surface area contributed by atoms with Crippen molar-refractivity contribution >= 4 is 23.3 Å².